The molecular formula is C17H19N7O2. The minimum Gasteiger partial charge on any atom is -0.477 e. The molecule has 0 saturated carbocycles. The van der Waals surface area contributed by atoms with Crippen LogP contribution in [0.4, 0.5) is 5.95 Å². The number of hydrogen-bond acceptors (Lipinski definition) is 7. The molecule has 0 bridgehead atoms. The quantitative estimate of drug-likeness (QED) is 0.597. The van der Waals surface area contributed by atoms with Gasteiger partial charge in [-0.3, -0.25) is 10.1 Å². The summed E-state index contributed by atoms with van der Waals surface area (Å²) in [6, 6.07) is 9.51. The molecule has 3 aromatic rings. The summed E-state index contributed by atoms with van der Waals surface area (Å²) in [5.41, 5.74) is 1.06. The maximum atomic E-state index is 12.5. The summed E-state index contributed by atoms with van der Waals surface area (Å²) in [5, 5.41) is 15.6. The summed E-state index contributed by atoms with van der Waals surface area (Å²) in [6.45, 7) is 2.59. The third-order valence-corrected chi connectivity index (χ3v) is 3.59. The molecule has 0 aliphatic heterocycles. The molecule has 0 aliphatic carbocycles. The molecule has 0 fully saturated rings. The highest BCUT2D eigenvalue weighted by atomic mass is 16.5. The van der Waals surface area contributed by atoms with Crippen LogP contribution in [-0.4, -0.2) is 43.1 Å². The van der Waals surface area contributed by atoms with E-state index in [4.69, 9.17) is 4.74 Å². The average Bonchev–Trinajstić information content (AvgIpc) is 3.19. The van der Waals surface area contributed by atoms with Crippen LogP contribution in [0.15, 0.2) is 36.5 Å². The summed E-state index contributed by atoms with van der Waals surface area (Å²) in [5.74, 6) is 0.332. The first-order valence-corrected chi connectivity index (χ1v) is 8.38. The molecule has 0 atom stereocenters. The zero-order valence-corrected chi connectivity index (χ0v) is 14.3. The Morgan fingerprint density at radius 1 is 1.23 bits per heavy atom. The second kappa shape index (κ2) is 8.65. The van der Waals surface area contributed by atoms with Crippen LogP contribution >= 0.6 is 0 Å². The first-order chi connectivity index (χ1) is 12.8. The summed E-state index contributed by atoms with van der Waals surface area (Å²) in [6.07, 6.45) is 4.45. The summed E-state index contributed by atoms with van der Waals surface area (Å²) < 4.78 is 5.77. The Morgan fingerprint density at radius 3 is 2.81 bits per heavy atom. The normalized spacial score (nSPS) is 10.5. The molecule has 3 rings (SSSR count). The van der Waals surface area contributed by atoms with Gasteiger partial charge in [-0.05, 0) is 11.6 Å². The third kappa shape index (κ3) is 4.38. The van der Waals surface area contributed by atoms with Crippen molar-refractivity contribution in [2.24, 2.45) is 0 Å². The van der Waals surface area contributed by atoms with E-state index in [0.29, 0.717) is 12.4 Å². The van der Waals surface area contributed by atoms with Crippen molar-refractivity contribution in [3.05, 3.63) is 42.1 Å². The molecular weight excluding hydrogens is 334 g/mol. The van der Waals surface area contributed by atoms with Crippen LogP contribution in [-0.2, 0) is 0 Å². The van der Waals surface area contributed by atoms with Crippen molar-refractivity contribution >= 4 is 11.9 Å². The molecule has 0 saturated heterocycles. The van der Waals surface area contributed by atoms with E-state index >= 15 is 0 Å². The molecule has 2 aromatic heterocycles. The molecule has 2 N–H and O–H groups in total. The van der Waals surface area contributed by atoms with Crippen LogP contribution in [0, 0.1) is 0 Å². The van der Waals surface area contributed by atoms with E-state index < -0.39 is 5.91 Å². The summed E-state index contributed by atoms with van der Waals surface area (Å²) in [7, 11) is 0. The smallest absolute Gasteiger partial charge is 0.270 e. The van der Waals surface area contributed by atoms with Gasteiger partial charge in [0.15, 0.2) is 5.82 Å². The van der Waals surface area contributed by atoms with Crippen LogP contribution in [0.5, 0.6) is 5.88 Å². The van der Waals surface area contributed by atoms with Gasteiger partial charge < -0.3 is 4.74 Å². The molecule has 9 heteroatoms. The van der Waals surface area contributed by atoms with Crippen LogP contribution in [0.2, 0.25) is 0 Å². The minimum atomic E-state index is -0.462. The summed E-state index contributed by atoms with van der Waals surface area (Å²) >= 11 is 0. The van der Waals surface area contributed by atoms with Gasteiger partial charge in [-0.25, -0.2) is 4.98 Å². The largest absolute Gasteiger partial charge is 0.477 e. The Kier molecular flexibility index (Phi) is 5.81. The fourth-order valence-corrected chi connectivity index (χ4v) is 2.26. The fourth-order valence-electron chi connectivity index (χ4n) is 2.26. The number of amides is 1. The second-order valence-electron chi connectivity index (χ2n) is 5.52. The van der Waals surface area contributed by atoms with Gasteiger partial charge in [-0.15, -0.1) is 5.10 Å². The van der Waals surface area contributed by atoms with Crippen LogP contribution in [0.1, 0.15) is 36.5 Å². The molecule has 0 spiro atoms. The van der Waals surface area contributed by atoms with Crippen molar-refractivity contribution in [1.82, 2.24) is 30.6 Å². The minimum absolute atomic E-state index is 0.0686. The number of nitrogens with one attached hydrogen (secondary N) is 2. The number of carbonyl (C=O) groups is 1. The molecule has 1 amide bonds. The van der Waals surface area contributed by atoms with Gasteiger partial charge in [0.2, 0.25) is 5.88 Å². The number of benzene rings is 1. The number of H-pyrrole nitrogens is 1. The molecule has 2 heterocycles. The van der Waals surface area contributed by atoms with Gasteiger partial charge in [0.25, 0.3) is 11.9 Å². The Labute approximate surface area is 150 Å². The van der Waals surface area contributed by atoms with Crippen molar-refractivity contribution in [3.8, 4) is 17.3 Å². The lowest BCUT2D eigenvalue weighted by Crippen LogP contribution is -2.16. The zero-order chi connectivity index (χ0) is 18.2. The number of carbonyl (C=O) groups excluding carboxylic acids is 1. The maximum Gasteiger partial charge on any atom is 0.270 e. The van der Waals surface area contributed by atoms with E-state index in [2.05, 4.69) is 42.8 Å². The molecule has 0 aliphatic rings. The molecule has 0 radical (unpaired) electrons. The Bertz CT molecular complexity index is 838. The monoisotopic (exact) mass is 353 g/mol. The van der Waals surface area contributed by atoms with Crippen LogP contribution in [0.3, 0.4) is 0 Å². The predicted molar refractivity (Wildman–Crippen MR) is 94.6 cm³/mol. The highest BCUT2D eigenvalue weighted by molar-refractivity contribution is 6.04. The Balaban J connectivity index is 1.85. The van der Waals surface area contributed by atoms with Gasteiger partial charge in [0.1, 0.15) is 5.56 Å². The number of aromatic amines is 1. The maximum absolute atomic E-state index is 12.5. The highest BCUT2D eigenvalue weighted by Gasteiger charge is 2.18. The van der Waals surface area contributed by atoms with E-state index in [1.807, 2.05) is 30.3 Å². The van der Waals surface area contributed by atoms with E-state index in [0.717, 1.165) is 24.8 Å². The van der Waals surface area contributed by atoms with Crippen molar-refractivity contribution in [1.29, 1.82) is 0 Å². The summed E-state index contributed by atoms with van der Waals surface area (Å²) in [4.78, 5) is 21.2. The number of ether oxygens (including phenoxy) is 1. The number of anilines is 1. The highest BCUT2D eigenvalue weighted by Crippen LogP contribution is 2.22. The van der Waals surface area contributed by atoms with Gasteiger partial charge in [0, 0.05) is 11.8 Å². The number of unbranched alkanes of at least 4 members (excludes halogenated alkanes) is 2. The van der Waals surface area contributed by atoms with Crippen molar-refractivity contribution < 1.29 is 9.53 Å². The standard InChI is InChI=1S/C17H19N7O2/c1-2-3-7-10-26-16-13(15(25)20-17-21-23-24-22-17)11-18-14(19-16)12-8-5-4-6-9-12/h4-6,8-9,11H,2-3,7,10H2,1H3,(H2,20,21,22,23,24,25). The zero-order valence-electron chi connectivity index (χ0n) is 14.3. The molecule has 9 nitrogen and oxygen atoms in total. The second-order valence-corrected chi connectivity index (χ2v) is 5.52. The number of tetrazole rings is 1. The SMILES string of the molecule is CCCCCOc1nc(-c2ccccc2)ncc1C(=O)Nc1nn[nH]n1. The van der Waals surface area contributed by atoms with Crippen LogP contribution < -0.4 is 10.1 Å². The van der Waals surface area contributed by atoms with E-state index in [1.165, 1.54) is 6.20 Å². The van der Waals surface area contributed by atoms with Gasteiger partial charge in [-0.1, -0.05) is 55.2 Å². The first-order valence-electron chi connectivity index (χ1n) is 8.38. The van der Waals surface area contributed by atoms with Crippen molar-refractivity contribution in [3.63, 3.8) is 0 Å². The van der Waals surface area contributed by atoms with E-state index in [1.54, 1.807) is 0 Å². The van der Waals surface area contributed by atoms with E-state index in [9.17, 15) is 4.79 Å². The number of aromatic nitrogens is 6. The number of rotatable bonds is 8. The third-order valence-electron chi connectivity index (χ3n) is 3.59. The molecule has 1 aromatic carbocycles. The fraction of sp³-hybridized carbons (Fsp3) is 0.294. The van der Waals surface area contributed by atoms with Gasteiger partial charge >= 0.3 is 0 Å². The number of hydrogen-bond donors (Lipinski definition) is 2. The lowest BCUT2D eigenvalue weighted by atomic mass is 10.2. The molecule has 134 valence electrons. The average molecular weight is 353 g/mol. The molecule has 26 heavy (non-hydrogen) atoms. The molecule has 0 unspecified atom stereocenters. The lowest BCUT2D eigenvalue weighted by molar-refractivity contribution is 0.102. The predicted octanol–water partition coefficient (Wildman–Crippen LogP) is 2.48. The lowest BCUT2D eigenvalue weighted by Gasteiger charge is -2.11. The van der Waals surface area contributed by atoms with E-state index in [-0.39, 0.29) is 17.4 Å². The van der Waals surface area contributed by atoms with Crippen molar-refractivity contribution in [2.75, 3.05) is 11.9 Å². The first kappa shape index (κ1) is 17.5. The van der Waals surface area contributed by atoms with Crippen LogP contribution in [0.25, 0.3) is 11.4 Å². The Morgan fingerprint density at radius 2 is 2.08 bits per heavy atom. The van der Waals surface area contributed by atoms with Crippen molar-refractivity contribution in [2.45, 2.75) is 26.2 Å². The number of nitrogens with zero attached hydrogens (tertiary/aromatic N) is 5. The topological polar surface area (TPSA) is 119 Å². The van der Waals surface area contributed by atoms with Gasteiger partial charge in [0.05, 0.1) is 6.61 Å². The Hall–Kier alpha value is -3.36. The van der Waals surface area contributed by atoms with Gasteiger partial charge in [-0.2, -0.15) is 10.2 Å².